The Morgan fingerprint density at radius 2 is 1.33 bits per heavy atom. The molecule has 21 heavy (non-hydrogen) atoms. The van der Waals surface area contributed by atoms with E-state index in [0.29, 0.717) is 0 Å². The van der Waals surface area contributed by atoms with Crippen LogP contribution in [-0.4, -0.2) is 12.2 Å². The van der Waals surface area contributed by atoms with Gasteiger partial charge in [0.2, 0.25) is 12.2 Å². The first-order valence-electron chi connectivity index (χ1n) is 6.26. The molecular weight excluding hydrogens is 270 g/mol. The maximum Gasteiger partial charge on any atom is 0.286 e. The van der Waals surface area contributed by atoms with E-state index >= 15 is 0 Å². The van der Waals surface area contributed by atoms with Crippen molar-refractivity contribution in [3.05, 3.63) is 33.4 Å². The summed E-state index contributed by atoms with van der Waals surface area (Å²) in [5.74, 6) is 0. The van der Waals surface area contributed by atoms with E-state index in [4.69, 9.17) is 10.00 Å². The normalized spacial score (nSPS) is 9.24. The molecule has 0 saturated carbocycles. The van der Waals surface area contributed by atoms with Crippen LogP contribution in [0.1, 0.15) is 33.4 Å². The summed E-state index contributed by atoms with van der Waals surface area (Å²) in [5, 5.41) is 8.57. The second-order valence-electron chi connectivity index (χ2n) is 4.51. The van der Waals surface area contributed by atoms with Crippen molar-refractivity contribution in [2.75, 3.05) is 0 Å². The van der Waals surface area contributed by atoms with Crippen LogP contribution in [0.5, 0.6) is 0 Å². The summed E-state index contributed by atoms with van der Waals surface area (Å²) in [6.45, 7) is 6.18. The fourth-order valence-corrected chi connectivity index (χ4v) is 2.41. The molecule has 1 aromatic carbocycles. The van der Waals surface area contributed by atoms with Gasteiger partial charge in [-0.1, -0.05) is 0 Å². The van der Waals surface area contributed by atoms with Gasteiger partial charge in [0.15, 0.2) is 0 Å². The lowest BCUT2D eigenvalue weighted by Crippen LogP contribution is -2.08. The number of isocyanates is 2. The molecule has 6 heteroatoms. The molecule has 0 aromatic heterocycles. The average Bonchev–Trinajstić information content (AvgIpc) is 2.47. The van der Waals surface area contributed by atoms with Crippen LogP contribution in [0.2, 0.25) is 0 Å². The molecule has 0 N–H and O–H groups in total. The van der Waals surface area contributed by atoms with Crippen molar-refractivity contribution in [1.29, 1.82) is 5.26 Å². The number of aliphatic imine (C=N–C) groups is 2. The number of hydrogen-bond acceptors (Lipinski definition) is 6. The Morgan fingerprint density at radius 3 is 1.71 bits per heavy atom. The van der Waals surface area contributed by atoms with Gasteiger partial charge in [0.25, 0.3) is 6.26 Å². The van der Waals surface area contributed by atoms with Gasteiger partial charge >= 0.3 is 0 Å². The third-order valence-corrected chi connectivity index (χ3v) is 3.60. The molecule has 1 aromatic rings. The van der Waals surface area contributed by atoms with Crippen molar-refractivity contribution < 1.29 is 14.3 Å². The number of benzene rings is 1. The summed E-state index contributed by atoms with van der Waals surface area (Å²) in [6.07, 6.45) is 4.67. The van der Waals surface area contributed by atoms with Crippen LogP contribution in [0, 0.1) is 32.3 Å². The third-order valence-electron chi connectivity index (χ3n) is 3.60. The highest BCUT2D eigenvalue weighted by Crippen LogP contribution is 2.29. The van der Waals surface area contributed by atoms with Gasteiger partial charge in [-0.25, -0.2) is 19.6 Å². The van der Waals surface area contributed by atoms with E-state index in [9.17, 15) is 9.59 Å². The van der Waals surface area contributed by atoms with E-state index in [1.807, 2.05) is 20.8 Å². The van der Waals surface area contributed by atoms with Crippen molar-refractivity contribution in [2.45, 2.75) is 40.5 Å². The van der Waals surface area contributed by atoms with Crippen LogP contribution in [-0.2, 0) is 34.0 Å². The summed E-state index contributed by atoms with van der Waals surface area (Å²) in [6, 6.07) is 0. The van der Waals surface area contributed by atoms with Gasteiger partial charge in [-0.3, -0.25) is 0 Å². The van der Waals surface area contributed by atoms with Gasteiger partial charge in [0.1, 0.15) is 6.61 Å². The van der Waals surface area contributed by atoms with Gasteiger partial charge in [-0.15, -0.1) is 0 Å². The van der Waals surface area contributed by atoms with Gasteiger partial charge in [-0.05, 0) is 54.2 Å². The fourth-order valence-electron chi connectivity index (χ4n) is 2.41. The van der Waals surface area contributed by atoms with Gasteiger partial charge in [0.05, 0.1) is 13.1 Å². The molecule has 0 amide bonds. The number of nitriles is 1. The van der Waals surface area contributed by atoms with Crippen molar-refractivity contribution in [3.63, 3.8) is 0 Å². The minimum absolute atomic E-state index is 0.129. The molecule has 0 aliphatic carbocycles. The van der Waals surface area contributed by atoms with E-state index in [0.717, 1.165) is 33.4 Å². The zero-order valence-corrected chi connectivity index (χ0v) is 12.2. The fraction of sp³-hybridized carbons (Fsp3) is 0.400. The summed E-state index contributed by atoms with van der Waals surface area (Å²) < 4.78 is 4.83. The molecule has 0 atom stereocenters. The van der Waals surface area contributed by atoms with Crippen molar-refractivity contribution in [1.82, 2.24) is 0 Å². The smallest absolute Gasteiger partial charge is 0.286 e. The van der Waals surface area contributed by atoms with E-state index in [1.165, 1.54) is 12.2 Å². The molecule has 0 radical (unpaired) electrons. The first kappa shape index (κ1) is 16.3. The predicted octanol–water partition coefficient (Wildman–Crippen LogP) is 2.28. The van der Waals surface area contributed by atoms with Crippen molar-refractivity contribution >= 4 is 12.2 Å². The van der Waals surface area contributed by atoms with Crippen LogP contribution in [0.15, 0.2) is 9.98 Å². The lowest BCUT2D eigenvalue weighted by Gasteiger charge is -2.19. The second-order valence-corrected chi connectivity index (χ2v) is 4.51. The highest BCUT2D eigenvalue weighted by molar-refractivity contribution is 5.51. The first-order chi connectivity index (χ1) is 10.1. The summed E-state index contributed by atoms with van der Waals surface area (Å²) >= 11 is 0. The number of rotatable bonds is 6. The Kier molecular flexibility index (Phi) is 6.03. The van der Waals surface area contributed by atoms with Crippen LogP contribution < -0.4 is 0 Å². The molecule has 0 aliphatic heterocycles. The lowest BCUT2D eigenvalue weighted by atomic mass is 9.88. The Balaban J connectivity index is 3.52. The Bertz CT molecular complexity index is 629. The zero-order chi connectivity index (χ0) is 15.8. The molecule has 0 aliphatic rings. The van der Waals surface area contributed by atoms with Crippen molar-refractivity contribution in [3.8, 4) is 6.26 Å². The molecule has 6 nitrogen and oxygen atoms in total. The van der Waals surface area contributed by atoms with Gasteiger partial charge < -0.3 is 4.74 Å². The predicted molar refractivity (Wildman–Crippen MR) is 74.7 cm³/mol. The van der Waals surface area contributed by atoms with E-state index in [2.05, 4.69) is 9.98 Å². The molecule has 0 bridgehead atoms. The Morgan fingerprint density at radius 1 is 0.905 bits per heavy atom. The minimum atomic E-state index is 0.129. The first-order valence-corrected chi connectivity index (χ1v) is 6.26. The molecular formula is C15H15N3O3. The maximum atomic E-state index is 10.4. The van der Waals surface area contributed by atoms with E-state index in [1.54, 1.807) is 6.26 Å². The number of hydrogen-bond donors (Lipinski definition) is 0. The molecule has 0 heterocycles. The molecule has 108 valence electrons. The van der Waals surface area contributed by atoms with Gasteiger partial charge in [0, 0.05) is 0 Å². The molecule has 0 saturated heterocycles. The highest BCUT2D eigenvalue weighted by Gasteiger charge is 2.17. The van der Waals surface area contributed by atoms with Crippen LogP contribution in [0.3, 0.4) is 0 Å². The molecule has 0 spiro atoms. The SMILES string of the molecule is Cc1c(CN=C=O)c(C)c(COC#N)c(C)c1CN=C=O. The monoisotopic (exact) mass is 285 g/mol. The highest BCUT2D eigenvalue weighted by atomic mass is 16.5. The number of ether oxygens (including phenoxy) is 1. The molecule has 0 unspecified atom stereocenters. The topological polar surface area (TPSA) is 91.9 Å². The van der Waals surface area contributed by atoms with Crippen LogP contribution in [0.4, 0.5) is 0 Å². The lowest BCUT2D eigenvalue weighted by molar-refractivity contribution is 0.256. The Hall–Kier alpha value is -2.73. The molecule has 1 rings (SSSR count). The number of carbonyl (C=O) groups excluding carboxylic acids is 2. The quantitative estimate of drug-likeness (QED) is 0.455. The van der Waals surface area contributed by atoms with Crippen LogP contribution in [0.25, 0.3) is 0 Å². The van der Waals surface area contributed by atoms with Crippen molar-refractivity contribution in [2.24, 2.45) is 9.98 Å². The summed E-state index contributed by atoms with van der Waals surface area (Å²) in [4.78, 5) is 27.9. The van der Waals surface area contributed by atoms with Gasteiger partial charge in [-0.2, -0.15) is 5.26 Å². The average molecular weight is 285 g/mol. The summed E-state index contributed by atoms with van der Waals surface area (Å²) in [7, 11) is 0. The minimum Gasteiger partial charge on any atom is -0.423 e. The Labute approximate surface area is 122 Å². The summed E-state index contributed by atoms with van der Waals surface area (Å²) in [5.41, 5.74) is 5.31. The second kappa shape index (κ2) is 7.76. The largest absolute Gasteiger partial charge is 0.423 e. The molecule has 0 fully saturated rings. The maximum absolute atomic E-state index is 10.4. The zero-order valence-electron chi connectivity index (χ0n) is 12.2. The number of nitrogens with zero attached hydrogens (tertiary/aromatic N) is 3. The third kappa shape index (κ3) is 3.64. The van der Waals surface area contributed by atoms with E-state index in [-0.39, 0.29) is 19.7 Å². The standard InChI is InChI=1S/C15H15N3O3/c1-10-13(4-17-8-19)11(2)15(6-21-7-16)12(3)14(10)5-18-9-20/h4-6H2,1-3H3. The van der Waals surface area contributed by atoms with E-state index < -0.39 is 0 Å². The van der Waals surface area contributed by atoms with Crippen LogP contribution >= 0.6 is 0 Å².